The van der Waals surface area contributed by atoms with Gasteiger partial charge in [-0.05, 0) is 24.3 Å². The molecule has 2 rings (SSSR count). The second-order valence-corrected chi connectivity index (χ2v) is 2.84. The van der Waals surface area contributed by atoms with Gasteiger partial charge in [-0.3, -0.25) is 4.98 Å². The number of halogens is 1. The van der Waals surface area contributed by atoms with Crippen LogP contribution in [0.15, 0.2) is 36.7 Å². The van der Waals surface area contributed by atoms with Gasteiger partial charge in [0.2, 0.25) is 5.88 Å². The molecule has 0 fully saturated rings. The molecule has 0 bridgehead atoms. The predicted molar refractivity (Wildman–Crippen MR) is 52.9 cm³/mol. The van der Waals surface area contributed by atoms with Crippen LogP contribution in [0.4, 0.5) is 10.2 Å². The smallest absolute Gasteiger partial charge is 0.239 e. The van der Waals surface area contributed by atoms with Crippen molar-refractivity contribution in [2.24, 2.45) is 0 Å². The Morgan fingerprint density at radius 2 is 1.87 bits per heavy atom. The molecule has 0 saturated carbocycles. The Hall–Kier alpha value is -2.17. The molecule has 0 atom stereocenters. The van der Waals surface area contributed by atoms with Gasteiger partial charge in [-0.15, -0.1) is 0 Å². The summed E-state index contributed by atoms with van der Waals surface area (Å²) in [7, 11) is 0. The maximum Gasteiger partial charge on any atom is 0.239 e. The molecular weight excluding hydrogens is 197 g/mol. The van der Waals surface area contributed by atoms with Gasteiger partial charge in [-0.2, -0.15) is 4.98 Å². The fraction of sp³-hybridized carbons (Fsp3) is 0. The van der Waals surface area contributed by atoms with Gasteiger partial charge in [-0.25, -0.2) is 4.39 Å². The van der Waals surface area contributed by atoms with E-state index < -0.39 is 0 Å². The zero-order valence-electron chi connectivity index (χ0n) is 7.72. The van der Waals surface area contributed by atoms with Crippen molar-refractivity contribution < 1.29 is 9.13 Å². The van der Waals surface area contributed by atoms with Gasteiger partial charge in [-0.1, -0.05) is 0 Å². The molecule has 0 aliphatic rings. The number of hydrogen-bond acceptors (Lipinski definition) is 4. The highest BCUT2D eigenvalue weighted by atomic mass is 19.1. The average molecular weight is 205 g/mol. The van der Waals surface area contributed by atoms with Crippen LogP contribution in [0.25, 0.3) is 0 Å². The standard InChI is InChI=1S/C10H8FN3O/c11-7-1-3-8(4-2-7)15-10-6-13-5-9(12)14-10/h1-6H,(H2,12,14). The lowest BCUT2D eigenvalue weighted by Gasteiger charge is -2.03. The lowest BCUT2D eigenvalue weighted by Crippen LogP contribution is -1.94. The third-order valence-electron chi connectivity index (χ3n) is 1.67. The van der Waals surface area contributed by atoms with E-state index in [1.807, 2.05) is 0 Å². The summed E-state index contributed by atoms with van der Waals surface area (Å²) >= 11 is 0. The van der Waals surface area contributed by atoms with E-state index in [9.17, 15) is 4.39 Å². The highest BCUT2D eigenvalue weighted by Crippen LogP contribution is 2.18. The first kappa shape index (κ1) is 9.39. The maximum absolute atomic E-state index is 12.6. The van der Waals surface area contributed by atoms with E-state index in [1.165, 1.54) is 36.7 Å². The summed E-state index contributed by atoms with van der Waals surface area (Å²) in [4.78, 5) is 7.70. The Morgan fingerprint density at radius 1 is 1.13 bits per heavy atom. The summed E-state index contributed by atoms with van der Waals surface area (Å²) in [5.41, 5.74) is 5.42. The Kier molecular flexibility index (Phi) is 2.45. The fourth-order valence-corrected chi connectivity index (χ4v) is 1.03. The van der Waals surface area contributed by atoms with E-state index in [0.29, 0.717) is 5.75 Å². The largest absolute Gasteiger partial charge is 0.437 e. The van der Waals surface area contributed by atoms with Gasteiger partial charge < -0.3 is 10.5 Å². The summed E-state index contributed by atoms with van der Waals surface area (Å²) in [6.07, 6.45) is 2.84. The summed E-state index contributed by atoms with van der Waals surface area (Å²) in [5.74, 6) is 0.716. The van der Waals surface area contributed by atoms with Gasteiger partial charge in [0.15, 0.2) is 0 Å². The molecule has 0 amide bonds. The van der Waals surface area contributed by atoms with E-state index in [0.717, 1.165) is 0 Å². The van der Waals surface area contributed by atoms with Crippen molar-refractivity contribution in [3.8, 4) is 11.6 Å². The maximum atomic E-state index is 12.6. The van der Waals surface area contributed by atoms with Crippen molar-refractivity contribution in [3.63, 3.8) is 0 Å². The molecule has 4 nitrogen and oxygen atoms in total. The number of aromatic nitrogens is 2. The molecule has 5 heteroatoms. The fourth-order valence-electron chi connectivity index (χ4n) is 1.03. The lowest BCUT2D eigenvalue weighted by atomic mass is 10.3. The highest BCUT2D eigenvalue weighted by molar-refractivity contribution is 5.30. The van der Waals surface area contributed by atoms with Crippen LogP contribution in [0.3, 0.4) is 0 Å². The van der Waals surface area contributed by atoms with Gasteiger partial charge >= 0.3 is 0 Å². The quantitative estimate of drug-likeness (QED) is 0.814. The normalized spacial score (nSPS) is 9.93. The lowest BCUT2D eigenvalue weighted by molar-refractivity contribution is 0.459. The number of benzene rings is 1. The molecule has 0 radical (unpaired) electrons. The van der Waals surface area contributed by atoms with Gasteiger partial charge in [0.25, 0.3) is 0 Å². The first-order chi connectivity index (χ1) is 7.24. The van der Waals surface area contributed by atoms with Gasteiger partial charge in [0, 0.05) is 0 Å². The third kappa shape index (κ3) is 2.40. The second-order valence-electron chi connectivity index (χ2n) is 2.84. The molecule has 2 N–H and O–H groups in total. The van der Waals surface area contributed by atoms with Crippen LogP contribution in [-0.4, -0.2) is 9.97 Å². The molecule has 0 spiro atoms. The zero-order chi connectivity index (χ0) is 10.7. The summed E-state index contributed by atoms with van der Waals surface area (Å²) in [6, 6.07) is 5.60. The van der Waals surface area contributed by atoms with Crippen LogP contribution < -0.4 is 10.5 Å². The predicted octanol–water partition coefficient (Wildman–Crippen LogP) is 1.99. The number of anilines is 1. The minimum absolute atomic E-state index is 0.273. The van der Waals surface area contributed by atoms with Crippen molar-refractivity contribution >= 4 is 5.82 Å². The van der Waals surface area contributed by atoms with E-state index in [1.54, 1.807) is 0 Å². The van der Waals surface area contributed by atoms with E-state index >= 15 is 0 Å². The summed E-state index contributed by atoms with van der Waals surface area (Å²) in [6.45, 7) is 0. The number of nitrogen functional groups attached to an aromatic ring is 1. The third-order valence-corrected chi connectivity index (χ3v) is 1.67. The molecule has 0 aliphatic heterocycles. The van der Waals surface area contributed by atoms with Crippen molar-refractivity contribution in [3.05, 3.63) is 42.5 Å². The molecule has 0 aliphatic carbocycles. The Morgan fingerprint density at radius 3 is 2.53 bits per heavy atom. The molecule has 15 heavy (non-hydrogen) atoms. The van der Waals surface area contributed by atoms with Crippen LogP contribution in [0.1, 0.15) is 0 Å². The first-order valence-electron chi connectivity index (χ1n) is 4.25. The highest BCUT2D eigenvalue weighted by Gasteiger charge is 1.99. The monoisotopic (exact) mass is 205 g/mol. The SMILES string of the molecule is Nc1cncc(Oc2ccc(F)cc2)n1. The van der Waals surface area contributed by atoms with E-state index in [2.05, 4.69) is 9.97 Å². The number of ether oxygens (including phenoxy) is 1. The molecule has 1 aromatic heterocycles. The molecule has 1 aromatic carbocycles. The number of nitrogens with two attached hydrogens (primary N) is 1. The Bertz CT molecular complexity index is 458. The topological polar surface area (TPSA) is 61.0 Å². The molecule has 2 aromatic rings. The van der Waals surface area contributed by atoms with Crippen molar-refractivity contribution in [1.82, 2.24) is 9.97 Å². The molecule has 0 saturated heterocycles. The van der Waals surface area contributed by atoms with E-state index in [-0.39, 0.29) is 17.5 Å². The summed E-state index contributed by atoms with van der Waals surface area (Å²) in [5, 5.41) is 0. The van der Waals surface area contributed by atoms with Crippen LogP contribution in [-0.2, 0) is 0 Å². The minimum atomic E-state index is -0.319. The molecule has 0 unspecified atom stereocenters. The van der Waals surface area contributed by atoms with Crippen molar-refractivity contribution in [2.45, 2.75) is 0 Å². The van der Waals surface area contributed by atoms with Crippen LogP contribution >= 0.6 is 0 Å². The van der Waals surface area contributed by atoms with E-state index in [4.69, 9.17) is 10.5 Å². The molecular formula is C10H8FN3O. The number of hydrogen-bond donors (Lipinski definition) is 1. The number of nitrogens with zero attached hydrogens (tertiary/aromatic N) is 2. The van der Waals surface area contributed by atoms with Crippen molar-refractivity contribution in [2.75, 3.05) is 5.73 Å². The van der Waals surface area contributed by atoms with Crippen LogP contribution in [0.5, 0.6) is 11.6 Å². The minimum Gasteiger partial charge on any atom is -0.437 e. The second kappa shape index (κ2) is 3.91. The first-order valence-corrected chi connectivity index (χ1v) is 4.25. The van der Waals surface area contributed by atoms with Gasteiger partial charge in [0.1, 0.15) is 17.4 Å². The molecule has 76 valence electrons. The van der Waals surface area contributed by atoms with Gasteiger partial charge in [0.05, 0.1) is 12.4 Å². The molecule has 1 heterocycles. The van der Waals surface area contributed by atoms with Crippen molar-refractivity contribution in [1.29, 1.82) is 0 Å². The number of rotatable bonds is 2. The average Bonchev–Trinajstić information content (AvgIpc) is 2.22. The Balaban J connectivity index is 2.18. The van der Waals surface area contributed by atoms with Crippen LogP contribution in [0, 0.1) is 5.82 Å². The van der Waals surface area contributed by atoms with Crippen LogP contribution in [0.2, 0.25) is 0 Å². The summed E-state index contributed by atoms with van der Waals surface area (Å²) < 4.78 is 17.9. The zero-order valence-corrected chi connectivity index (χ0v) is 7.72. The Labute approximate surface area is 85.5 Å².